The molecule has 1 heterocycles. The average Bonchev–Trinajstić information content (AvgIpc) is 2.82. The van der Waals surface area contributed by atoms with E-state index in [1.165, 1.54) is 16.8 Å². The van der Waals surface area contributed by atoms with Gasteiger partial charge < -0.3 is 5.11 Å². The highest BCUT2D eigenvalue weighted by molar-refractivity contribution is 5.90. The molecule has 1 N–H and O–H groups in total. The second-order valence-electron chi connectivity index (χ2n) is 4.55. The summed E-state index contributed by atoms with van der Waals surface area (Å²) in [5.74, 6) is -1.45. The highest BCUT2D eigenvalue weighted by Crippen LogP contribution is 2.15. The third-order valence-electron chi connectivity index (χ3n) is 2.73. The van der Waals surface area contributed by atoms with Crippen LogP contribution in [-0.4, -0.2) is 26.1 Å². The molecule has 0 unspecified atom stereocenters. The Morgan fingerprint density at radius 3 is 2.50 bits per heavy atom. The van der Waals surface area contributed by atoms with E-state index in [1.54, 1.807) is 24.3 Å². The number of benzene rings is 1. The molecule has 6 heteroatoms. The maximum Gasteiger partial charge on any atom is 0.358 e. The Morgan fingerprint density at radius 2 is 1.95 bits per heavy atom. The standard InChI is InChI=1S/C14H14FN3O2/c1-9(2)18-12(13(14(19)20)16-17-18)8-5-10-3-6-11(15)7-4-10/h3-9H,1-2H3,(H,19,20)/b8-5+. The van der Waals surface area contributed by atoms with Crippen molar-refractivity contribution < 1.29 is 14.3 Å². The number of nitrogens with zero attached hydrogens (tertiary/aromatic N) is 3. The zero-order valence-corrected chi connectivity index (χ0v) is 11.1. The van der Waals surface area contributed by atoms with Gasteiger partial charge in [-0.1, -0.05) is 23.4 Å². The third-order valence-corrected chi connectivity index (χ3v) is 2.73. The number of carbonyl (C=O) groups is 1. The number of carboxylic acid groups (broad SMARTS) is 1. The Morgan fingerprint density at radius 1 is 1.30 bits per heavy atom. The number of carboxylic acids is 1. The van der Waals surface area contributed by atoms with Gasteiger partial charge in [-0.25, -0.2) is 13.9 Å². The summed E-state index contributed by atoms with van der Waals surface area (Å²) in [5.41, 5.74) is 1.08. The number of aromatic carboxylic acids is 1. The van der Waals surface area contributed by atoms with Crippen LogP contribution in [0.2, 0.25) is 0 Å². The lowest BCUT2D eigenvalue weighted by atomic mass is 10.2. The Kier molecular flexibility index (Phi) is 3.93. The van der Waals surface area contributed by atoms with Gasteiger partial charge in [0.2, 0.25) is 0 Å². The fraction of sp³-hybridized carbons (Fsp3) is 0.214. The van der Waals surface area contributed by atoms with E-state index in [0.717, 1.165) is 5.56 Å². The number of rotatable bonds is 4. The quantitative estimate of drug-likeness (QED) is 0.931. The largest absolute Gasteiger partial charge is 0.476 e. The normalized spacial score (nSPS) is 11.4. The van der Waals surface area contributed by atoms with E-state index < -0.39 is 5.97 Å². The van der Waals surface area contributed by atoms with Crippen LogP contribution in [-0.2, 0) is 0 Å². The molecule has 1 aromatic carbocycles. The predicted molar refractivity (Wildman–Crippen MR) is 72.7 cm³/mol. The molecule has 0 fully saturated rings. The van der Waals surface area contributed by atoms with Crippen LogP contribution < -0.4 is 0 Å². The lowest BCUT2D eigenvalue weighted by Gasteiger charge is -2.06. The van der Waals surface area contributed by atoms with Crippen LogP contribution in [0.3, 0.4) is 0 Å². The summed E-state index contributed by atoms with van der Waals surface area (Å²) < 4.78 is 14.3. The number of halogens is 1. The molecule has 20 heavy (non-hydrogen) atoms. The molecule has 2 aromatic rings. The van der Waals surface area contributed by atoms with Crippen molar-refractivity contribution in [1.82, 2.24) is 15.0 Å². The smallest absolute Gasteiger partial charge is 0.358 e. The molecule has 0 aliphatic rings. The minimum atomic E-state index is -1.13. The molecular formula is C14H14FN3O2. The van der Waals surface area contributed by atoms with Gasteiger partial charge in [-0.3, -0.25) is 0 Å². The van der Waals surface area contributed by atoms with Gasteiger partial charge in [0.25, 0.3) is 0 Å². The molecule has 0 amide bonds. The first-order chi connectivity index (χ1) is 9.49. The van der Waals surface area contributed by atoms with Crippen molar-refractivity contribution in [3.05, 3.63) is 47.0 Å². The Balaban J connectivity index is 2.38. The molecule has 0 spiro atoms. The zero-order chi connectivity index (χ0) is 14.7. The summed E-state index contributed by atoms with van der Waals surface area (Å²) in [4.78, 5) is 11.1. The maximum atomic E-state index is 12.8. The molecule has 104 valence electrons. The van der Waals surface area contributed by atoms with Crippen LogP contribution >= 0.6 is 0 Å². The predicted octanol–water partition coefficient (Wildman–Crippen LogP) is 2.87. The SMILES string of the molecule is CC(C)n1nnc(C(=O)O)c1/C=C/c1ccc(F)cc1. The van der Waals surface area contributed by atoms with Crippen molar-refractivity contribution in [2.45, 2.75) is 19.9 Å². The zero-order valence-electron chi connectivity index (χ0n) is 11.1. The summed E-state index contributed by atoms with van der Waals surface area (Å²) in [6.07, 6.45) is 3.32. The fourth-order valence-electron chi connectivity index (χ4n) is 1.74. The van der Waals surface area contributed by atoms with Crippen LogP contribution in [0.5, 0.6) is 0 Å². The summed E-state index contributed by atoms with van der Waals surface area (Å²) >= 11 is 0. The van der Waals surface area contributed by atoms with Gasteiger partial charge in [0.1, 0.15) is 5.82 Å². The van der Waals surface area contributed by atoms with Gasteiger partial charge >= 0.3 is 5.97 Å². The molecule has 5 nitrogen and oxygen atoms in total. The second-order valence-corrected chi connectivity index (χ2v) is 4.55. The second kappa shape index (κ2) is 5.64. The van der Waals surface area contributed by atoms with Gasteiger partial charge in [0.05, 0.1) is 5.69 Å². The van der Waals surface area contributed by atoms with E-state index in [0.29, 0.717) is 5.69 Å². The van der Waals surface area contributed by atoms with Crippen LogP contribution in [0.4, 0.5) is 4.39 Å². The van der Waals surface area contributed by atoms with Crippen LogP contribution in [0.25, 0.3) is 12.2 Å². The van der Waals surface area contributed by atoms with E-state index >= 15 is 0 Å². The molecule has 0 aliphatic heterocycles. The lowest BCUT2D eigenvalue weighted by Crippen LogP contribution is -2.07. The van der Waals surface area contributed by atoms with Crippen molar-refractivity contribution in [2.75, 3.05) is 0 Å². The maximum absolute atomic E-state index is 12.8. The monoisotopic (exact) mass is 275 g/mol. The van der Waals surface area contributed by atoms with Crippen LogP contribution in [0.1, 0.15) is 41.6 Å². The Labute approximate surface area is 115 Å². The molecule has 1 aromatic heterocycles. The first-order valence-corrected chi connectivity index (χ1v) is 6.11. The molecule has 2 rings (SSSR count). The summed E-state index contributed by atoms with van der Waals surface area (Å²) in [6.45, 7) is 3.77. The molecule has 0 saturated carbocycles. The van der Waals surface area contributed by atoms with Crippen molar-refractivity contribution in [1.29, 1.82) is 0 Å². The fourth-order valence-corrected chi connectivity index (χ4v) is 1.74. The minimum absolute atomic E-state index is 0.0107. The summed E-state index contributed by atoms with van der Waals surface area (Å²) in [7, 11) is 0. The topological polar surface area (TPSA) is 68.0 Å². The number of aromatic nitrogens is 3. The third kappa shape index (κ3) is 2.90. The number of hydrogen-bond donors (Lipinski definition) is 1. The average molecular weight is 275 g/mol. The van der Waals surface area contributed by atoms with Gasteiger partial charge in [-0.05, 0) is 37.6 Å². The van der Waals surface area contributed by atoms with Crippen molar-refractivity contribution in [3.8, 4) is 0 Å². The molecule has 0 atom stereocenters. The highest BCUT2D eigenvalue weighted by atomic mass is 19.1. The van der Waals surface area contributed by atoms with Crippen LogP contribution in [0, 0.1) is 5.82 Å². The molecule has 0 aliphatic carbocycles. The van der Waals surface area contributed by atoms with Crippen LogP contribution in [0.15, 0.2) is 24.3 Å². The van der Waals surface area contributed by atoms with E-state index in [2.05, 4.69) is 10.3 Å². The molecule has 0 bridgehead atoms. The van der Waals surface area contributed by atoms with Crippen molar-refractivity contribution in [3.63, 3.8) is 0 Å². The Hall–Kier alpha value is -2.50. The lowest BCUT2D eigenvalue weighted by molar-refractivity contribution is 0.0690. The summed E-state index contributed by atoms with van der Waals surface area (Å²) in [6, 6.07) is 5.89. The van der Waals surface area contributed by atoms with E-state index in [9.17, 15) is 9.18 Å². The van der Waals surface area contributed by atoms with Gasteiger partial charge in [-0.2, -0.15) is 0 Å². The van der Waals surface area contributed by atoms with E-state index in [-0.39, 0.29) is 17.6 Å². The molecular weight excluding hydrogens is 261 g/mol. The number of hydrogen-bond acceptors (Lipinski definition) is 3. The van der Waals surface area contributed by atoms with Gasteiger partial charge in [-0.15, -0.1) is 5.10 Å². The van der Waals surface area contributed by atoms with Crippen molar-refractivity contribution >= 4 is 18.1 Å². The molecule has 0 radical (unpaired) electrons. The van der Waals surface area contributed by atoms with E-state index in [4.69, 9.17) is 5.11 Å². The summed E-state index contributed by atoms with van der Waals surface area (Å²) in [5, 5.41) is 16.6. The van der Waals surface area contributed by atoms with E-state index in [1.807, 2.05) is 13.8 Å². The minimum Gasteiger partial charge on any atom is -0.476 e. The first-order valence-electron chi connectivity index (χ1n) is 6.11. The van der Waals surface area contributed by atoms with Gasteiger partial charge in [0.15, 0.2) is 5.69 Å². The first kappa shape index (κ1) is 13.9. The Bertz CT molecular complexity index is 645. The highest BCUT2D eigenvalue weighted by Gasteiger charge is 2.18. The molecule has 0 saturated heterocycles. The van der Waals surface area contributed by atoms with Gasteiger partial charge in [0, 0.05) is 6.04 Å². The van der Waals surface area contributed by atoms with Crippen molar-refractivity contribution in [2.24, 2.45) is 0 Å².